The van der Waals surface area contributed by atoms with E-state index in [2.05, 4.69) is 15.5 Å². The average Bonchev–Trinajstić information content (AvgIpc) is 3.51. The third-order valence-corrected chi connectivity index (χ3v) is 7.68. The summed E-state index contributed by atoms with van der Waals surface area (Å²) in [7, 11) is -2.32. The SMILES string of the molecule is COc1cccc2cc(-c3nnc(NC(=O)C4CCCN(S(=O)(=O)c5ccc(F)cc5)C4)o3)oc12. The molecule has 1 aliphatic heterocycles. The Hall–Kier alpha value is -3.77. The van der Waals surface area contributed by atoms with Crippen LogP contribution < -0.4 is 10.1 Å². The number of anilines is 1. The molecule has 0 bridgehead atoms. The Kier molecular flexibility index (Phi) is 5.99. The van der Waals surface area contributed by atoms with E-state index in [0.717, 1.165) is 17.5 Å². The van der Waals surface area contributed by atoms with Crippen LogP contribution in [0.3, 0.4) is 0 Å². The van der Waals surface area contributed by atoms with Crippen molar-refractivity contribution >= 4 is 32.9 Å². The lowest BCUT2D eigenvalue weighted by molar-refractivity contribution is -0.121. The second-order valence-corrected chi connectivity index (χ2v) is 9.98. The highest BCUT2D eigenvalue weighted by molar-refractivity contribution is 7.89. The second kappa shape index (κ2) is 9.12. The molecule has 12 heteroatoms. The number of hydrogen-bond donors (Lipinski definition) is 1. The summed E-state index contributed by atoms with van der Waals surface area (Å²) in [6.45, 7) is 0.250. The number of rotatable bonds is 6. The van der Waals surface area contributed by atoms with Crippen molar-refractivity contribution in [1.29, 1.82) is 0 Å². The Morgan fingerprint density at radius 2 is 1.97 bits per heavy atom. The molecular formula is C23H21FN4O6S. The zero-order valence-electron chi connectivity index (χ0n) is 18.6. The van der Waals surface area contributed by atoms with Gasteiger partial charge in [0.15, 0.2) is 17.1 Å². The Bertz CT molecular complexity index is 1480. The first-order valence-corrected chi connectivity index (χ1v) is 12.3. The molecule has 0 radical (unpaired) electrons. The van der Waals surface area contributed by atoms with E-state index in [1.54, 1.807) is 12.1 Å². The number of methoxy groups -OCH3 is 1. The summed E-state index contributed by atoms with van der Waals surface area (Å²) in [6.07, 6.45) is 0.986. The first-order chi connectivity index (χ1) is 16.8. The van der Waals surface area contributed by atoms with Gasteiger partial charge in [-0.3, -0.25) is 10.1 Å². The molecule has 4 aromatic rings. The lowest BCUT2D eigenvalue weighted by atomic mass is 9.99. The molecule has 3 heterocycles. The Balaban J connectivity index is 1.28. The van der Waals surface area contributed by atoms with Crippen molar-refractivity contribution in [2.45, 2.75) is 17.7 Å². The van der Waals surface area contributed by atoms with Gasteiger partial charge in [0.2, 0.25) is 15.9 Å². The van der Waals surface area contributed by atoms with Gasteiger partial charge in [-0.2, -0.15) is 4.31 Å². The number of nitrogens with one attached hydrogen (secondary N) is 1. The Morgan fingerprint density at radius 1 is 1.17 bits per heavy atom. The van der Waals surface area contributed by atoms with Crippen LogP contribution in [0, 0.1) is 11.7 Å². The van der Waals surface area contributed by atoms with Crippen LogP contribution in [0.25, 0.3) is 22.6 Å². The molecule has 0 spiro atoms. The Labute approximate surface area is 199 Å². The highest BCUT2D eigenvalue weighted by Crippen LogP contribution is 2.33. The molecule has 10 nitrogen and oxygen atoms in total. The molecule has 1 unspecified atom stereocenters. The smallest absolute Gasteiger partial charge is 0.322 e. The molecule has 0 saturated carbocycles. The van der Waals surface area contributed by atoms with Crippen LogP contribution >= 0.6 is 0 Å². The minimum absolute atomic E-state index is 0.0180. The maximum atomic E-state index is 13.2. The van der Waals surface area contributed by atoms with Gasteiger partial charge in [0.05, 0.1) is 17.9 Å². The molecule has 5 rings (SSSR count). The van der Waals surface area contributed by atoms with Crippen molar-refractivity contribution in [2.24, 2.45) is 5.92 Å². The van der Waals surface area contributed by atoms with Crippen molar-refractivity contribution in [3.63, 3.8) is 0 Å². The monoisotopic (exact) mass is 500 g/mol. The fourth-order valence-corrected chi connectivity index (χ4v) is 5.54. The molecule has 182 valence electrons. The maximum Gasteiger partial charge on any atom is 0.322 e. The number of carbonyl (C=O) groups is 1. The highest BCUT2D eigenvalue weighted by Gasteiger charge is 2.34. The van der Waals surface area contributed by atoms with Gasteiger partial charge in [-0.25, -0.2) is 12.8 Å². The van der Waals surface area contributed by atoms with Crippen molar-refractivity contribution in [1.82, 2.24) is 14.5 Å². The maximum absolute atomic E-state index is 13.2. The van der Waals surface area contributed by atoms with Crippen LogP contribution in [0.15, 0.2) is 62.3 Å². The molecule has 2 aromatic heterocycles. The summed E-state index contributed by atoms with van der Waals surface area (Å²) in [5.41, 5.74) is 0.526. The van der Waals surface area contributed by atoms with Gasteiger partial charge in [0.1, 0.15) is 5.82 Å². The van der Waals surface area contributed by atoms with Gasteiger partial charge in [-0.1, -0.05) is 17.2 Å². The number of halogens is 1. The number of carbonyl (C=O) groups excluding carboxylic acids is 1. The number of hydrogen-bond acceptors (Lipinski definition) is 8. The molecule has 35 heavy (non-hydrogen) atoms. The fourth-order valence-electron chi connectivity index (χ4n) is 4.01. The summed E-state index contributed by atoms with van der Waals surface area (Å²) in [5, 5.41) is 11.1. The van der Waals surface area contributed by atoms with Gasteiger partial charge in [-0.05, 0) is 49.2 Å². The van der Waals surface area contributed by atoms with Crippen LogP contribution in [0.1, 0.15) is 12.8 Å². The molecule has 1 amide bonds. The predicted molar refractivity (Wildman–Crippen MR) is 123 cm³/mol. The van der Waals surface area contributed by atoms with Crippen molar-refractivity contribution in [3.05, 3.63) is 54.3 Å². The Morgan fingerprint density at radius 3 is 2.74 bits per heavy atom. The summed E-state index contributed by atoms with van der Waals surface area (Å²) >= 11 is 0. The molecule has 1 aliphatic rings. The average molecular weight is 501 g/mol. The molecule has 1 N–H and O–H groups in total. The van der Waals surface area contributed by atoms with Gasteiger partial charge in [0.25, 0.3) is 5.89 Å². The van der Waals surface area contributed by atoms with Gasteiger partial charge < -0.3 is 13.6 Å². The van der Waals surface area contributed by atoms with Gasteiger partial charge in [-0.15, -0.1) is 5.10 Å². The van der Waals surface area contributed by atoms with Gasteiger partial charge in [0, 0.05) is 18.5 Å². The molecule has 1 atom stereocenters. The number of ether oxygens (including phenoxy) is 1. The predicted octanol–water partition coefficient (Wildman–Crippen LogP) is 3.67. The van der Waals surface area contributed by atoms with Crippen molar-refractivity contribution in [2.75, 3.05) is 25.5 Å². The van der Waals surface area contributed by atoms with Crippen LogP contribution in [0.2, 0.25) is 0 Å². The number of fused-ring (bicyclic) bond motifs is 1. The standard InChI is InChI=1S/C23H21FN4O6S/c1-32-18-6-2-4-14-12-19(33-20(14)18)22-26-27-23(34-22)25-21(29)15-5-3-11-28(13-15)35(30,31)17-9-7-16(24)8-10-17/h2,4,6-10,12,15H,3,5,11,13H2,1H3,(H,25,27,29). The first-order valence-electron chi connectivity index (χ1n) is 10.8. The molecule has 2 aromatic carbocycles. The number of sulfonamides is 1. The quantitative estimate of drug-likeness (QED) is 0.425. The van der Waals surface area contributed by atoms with E-state index in [1.807, 2.05) is 12.1 Å². The molecule has 0 aliphatic carbocycles. The van der Waals surface area contributed by atoms with E-state index in [4.69, 9.17) is 13.6 Å². The van der Waals surface area contributed by atoms with Crippen LogP contribution in [-0.2, 0) is 14.8 Å². The third-order valence-electron chi connectivity index (χ3n) is 5.80. The minimum atomic E-state index is -3.86. The third kappa shape index (κ3) is 4.49. The van der Waals surface area contributed by atoms with Crippen LogP contribution in [-0.4, -0.2) is 49.0 Å². The van der Waals surface area contributed by atoms with Crippen molar-refractivity contribution < 1.29 is 31.2 Å². The van der Waals surface area contributed by atoms with E-state index in [9.17, 15) is 17.6 Å². The number of amides is 1. The van der Waals surface area contributed by atoms with Gasteiger partial charge >= 0.3 is 6.01 Å². The summed E-state index contributed by atoms with van der Waals surface area (Å²) in [6, 6.07) is 11.6. The summed E-state index contributed by atoms with van der Waals surface area (Å²) in [4.78, 5) is 12.8. The molecule has 1 fully saturated rings. The van der Waals surface area contributed by atoms with E-state index < -0.39 is 27.7 Å². The molecule has 1 saturated heterocycles. The largest absolute Gasteiger partial charge is 0.493 e. The highest BCUT2D eigenvalue weighted by atomic mass is 32.2. The lowest BCUT2D eigenvalue weighted by Crippen LogP contribution is -2.43. The number of benzene rings is 2. The normalized spacial score (nSPS) is 16.9. The minimum Gasteiger partial charge on any atom is -0.493 e. The number of piperidine rings is 1. The fraction of sp³-hybridized carbons (Fsp3) is 0.261. The molecular weight excluding hydrogens is 479 g/mol. The number of aromatic nitrogens is 2. The topological polar surface area (TPSA) is 128 Å². The van der Waals surface area contributed by atoms with E-state index in [1.165, 1.54) is 23.5 Å². The van der Waals surface area contributed by atoms with E-state index in [0.29, 0.717) is 29.9 Å². The second-order valence-electron chi connectivity index (χ2n) is 8.05. The number of nitrogens with zero attached hydrogens (tertiary/aromatic N) is 3. The number of furan rings is 1. The number of para-hydroxylation sites is 1. The summed E-state index contributed by atoms with van der Waals surface area (Å²) in [5.74, 6) is -0.649. The van der Waals surface area contributed by atoms with Crippen LogP contribution in [0.4, 0.5) is 10.4 Å². The van der Waals surface area contributed by atoms with Crippen LogP contribution in [0.5, 0.6) is 5.75 Å². The zero-order valence-corrected chi connectivity index (χ0v) is 19.4. The van der Waals surface area contributed by atoms with E-state index in [-0.39, 0.29) is 29.9 Å². The summed E-state index contributed by atoms with van der Waals surface area (Å²) < 4.78 is 56.9. The lowest BCUT2D eigenvalue weighted by Gasteiger charge is -2.30. The first kappa shape index (κ1) is 23.0. The van der Waals surface area contributed by atoms with Crippen molar-refractivity contribution in [3.8, 4) is 17.4 Å². The zero-order chi connectivity index (χ0) is 24.6. The van der Waals surface area contributed by atoms with E-state index >= 15 is 0 Å².